The highest BCUT2D eigenvalue weighted by atomic mass is 16.6. The molecule has 7 nitrogen and oxygen atoms in total. The topological polar surface area (TPSA) is 95.3 Å². The summed E-state index contributed by atoms with van der Waals surface area (Å²) in [6, 6.07) is 4.60. The fraction of sp³-hybridized carbons (Fsp3) is 0.464. The Kier molecular flexibility index (Phi) is 8.33. The lowest BCUT2D eigenvalue weighted by atomic mass is 10.0. The van der Waals surface area contributed by atoms with Crippen LogP contribution in [0.4, 0.5) is 0 Å². The summed E-state index contributed by atoms with van der Waals surface area (Å²) >= 11 is 0. The molecule has 188 valence electrons. The minimum Gasteiger partial charge on any atom is -0.427 e. The molecular formula is C28H34O7. The Hall–Kier alpha value is -3.19. The zero-order valence-corrected chi connectivity index (χ0v) is 21.4. The maximum atomic E-state index is 12.7. The van der Waals surface area contributed by atoms with E-state index in [1.165, 1.54) is 25.5 Å². The Bertz CT molecular complexity index is 1230. The summed E-state index contributed by atoms with van der Waals surface area (Å²) in [6.45, 7) is 11.0. The number of hydrogen-bond donors (Lipinski definition) is 0. The van der Waals surface area contributed by atoms with Crippen LogP contribution in [0, 0.1) is 0 Å². The summed E-state index contributed by atoms with van der Waals surface area (Å²) in [5.41, 5.74) is 2.36. The fourth-order valence-electron chi connectivity index (χ4n) is 3.98. The van der Waals surface area contributed by atoms with Crippen molar-refractivity contribution in [3.63, 3.8) is 0 Å². The van der Waals surface area contributed by atoms with E-state index in [9.17, 15) is 14.4 Å². The van der Waals surface area contributed by atoms with E-state index in [-0.39, 0.29) is 34.7 Å². The van der Waals surface area contributed by atoms with Crippen LogP contribution in [0.5, 0.6) is 11.5 Å². The molecule has 0 N–H and O–H groups in total. The van der Waals surface area contributed by atoms with E-state index in [2.05, 4.69) is 26.8 Å². The Balaban J connectivity index is 1.71. The van der Waals surface area contributed by atoms with Crippen LogP contribution in [0.1, 0.15) is 72.8 Å². The molecule has 0 saturated carbocycles. The summed E-state index contributed by atoms with van der Waals surface area (Å²) in [4.78, 5) is 35.7. The Morgan fingerprint density at radius 1 is 1.00 bits per heavy atom. The number of benzene rings is 1. The summed E-state index contributed by atoms with van der Waals surface area (Å²) in [6.07, 6.45) is 8.69. The van der Waals surface area contributed by atoms with E-state index >= 15 is 0 Å². The SMILES string of the molecule is CC(=O)Oc1ccc2c(OC(C)=O)c(C/C=C(\C)CC/C=C(\C)CCC3OC3(C)C)c(=O)oc2c1. The molecule has 1 fully saturated rings. The van der Waals surface area contributed by atoms with Gasteiger partial charge < -0.3 is 18.6 Å². The van der Waals surface area contributed by atoms with Crippen molar-refractivity contribution in [3.05, 3.63) is 57.5 Å². The van der Waals surface area contributed by atoms with Crippen molar-refractivity contribution in [2.45, 2.75) is 85.4 Å². The molecule has 0 radical (unpaired) electrons. The molecule has 1 aliphatic heterocycles. The van der Waals surface area contributed by atoms with Gasteiger partial charge in [0, 0.05) is 26.3 Å². The van der Waals surface area contributed by atoms with Gasteiger partial charge in [0.1, 0.15) is 11.3 Å². The predicted molar refractivity (Wildman–Crippen MR) is 134 cm³/mol. The van der Waals surface area contributed by atoms with Gasteiger partial charge in [-0.3, -0.25) is 9.59 Å². The van der Waals surface area contributed by atoms with Gasteiger partial charge >= 0.3 is 17.6 Å². The van der Waals surface area contributed by atoms with Gasteiger partial charge in [-0.2, -0.15) is 0 Å². The third kappa shape index (κ3) is 7.39. The first-order chi connectivity index (χ1) is 16.5. The molecule has 1 aromatic carbocycles. The van der Waals surface area contributed by atoms with Gasteiger partial charge in [-0.1, -0.05) is 23.3 Å². The molecule has 2 aromatic rings. The number of rotatable bonds is 10. The van der Waals surface area contributed by atoms with Crippen molar-refractivity contribution in [3.8, 4) is 11.5 Å². The highest BCUT2D eigenvalue weighted by Crippen LogP contribution is 2.39. The lowest BCUT2D eigenvalue weighted by Crippen LogP contribution is -2.13. The Morgan fingerprint density at radius 2 is 1.66 bits per heavy atom. The molecule has 0 spiro atoms. The number of fused-ring (bicyclic) bond motifs is 1. The van der Waals surface area contributed by atoms with Crippen LogP contribution in [0.15, 0.2) is 50.7 Å². The third-order valence-electron chi connectivity index (χ3n) is 6.08. The van der Waals surface area contributed by atoms with E-state index in [0.29, 0.717) is 11.5 Å². The van der Waals surface area contributed by atoms with Gasteiger partial charge in [-0.05, 0) is 65.5 Å². The summed E-state index contributed by atoms with van der Waals surface area (Å²) in [5, 5.41) is 0.457. The fourth-order valence-corrected chi connectivity index (χ4v) is 3.98. The van der Waals surface area contributed by atoms with Crippen LogP contribution in [-0.4, -0.2) is 23.6 Å². The predicted octanol–water partition coefficient (Wildman–Crippen LogP) is 5.82. The van der Waals surface area contributed by atoms with Gasteiger partial charge in [0.15, 0.2) is 5.75 Å². The first kappa shape index (κ1) is 26.4. The van der Waals surface area contributed by atoms with Gasteiger partial charge in [0.2, 0.25) is 0 Å². The van der Waals surface area contributed by atoms with E-state index in [0.717, 1.165) is 31.3 Å². The Morgan fingerprint density at radius 3 is 2.29 bits per heavy atom. The third-order valence-corrected chi connectivity index (χ3v) is 6.08. The monoisotopic (exact) mass is 482 g/mol. The molecule has 1 saturated heterocycles. The van der Waals surface area contributed by atoms with E-state index in [4.69, 9.17) is 18.6 Å². The molecule has 0 bridgehead atoms. The van der Waals surface area contributed by atoms with E-state index < -0.39 is 17.6 Å². The van der Waals surface area contributed by atoms with E-state index in [1.54, 1.807) is 12.1 Å². The highest BCUT2D eigenvalue weighted by molar-refractivity contribution is 5.88. The number of hydrogen-bond acceptors (Lipinski definition) is 7. The second kappa shape index (κ2) is 11.0. The molecule has 1 aromatic heterocycles. The maximum Gasteiger partial charge on any atom is 0.343 e. The molecule has 0 amide bonds. The number of allylic oxidation sites excluding steroid dienone is 4. The Labute approximate surface area is 205 Å². The van der Waals surface area contributed by atoms with Gasteiger partial charge in [-0.15, -0.1) is 0 Å². The summed E-state index contributed by atoms with van der Waals surface area (Å²) in [7, 11) is 0. The van der Waals surface area contributed by atoms with Crippen LogP contribution in [0.2, 0.25) is 0 Å². The molecular weight excluding hydrogens is 448 g/mol. The number of epoxide rings is 1. The maximum absolute atomic E-state index is 12.7. The second-order valence-corrected chi connectivity index (χ2v) is 9.63. The van der Waals surface area contributed by atoms with Crippen LogP contribution in [0.25, 0.3) is 11.0 Å². The normalized spacial score (nSPS) is 17.4. The lowest BCUT2D eigenvalue weighted by molar-refractivity contribution is -0.132. The van der Waals surface area contributed by atoms with Crippen molar-refractivity contribution in [1.82, 2.24) is 0 Å². The zero-order chi connectivity index (χ0) is 25.8. The molecule has 1 aliphatic rings. The van der Waals surface area contributed by atoms with Gasteiger partial charge in [0.05, 0.1) is 22.7 Å². The van der Waals surface area contributed by atoms with Crippen LogP contribution in [-0.2, 0) is 20.7 Å². The van der Waals surface area contributed by atoms with Gasteiger partial charge in [-0.25, -0.2) is 4.79 Å². The number of esters is 2. The first-order valence-electron chi connectivity index (χ1n) is 11.9. The molecule has 35 heavy (non-hydrogen) atoms. The molecule has 7 heteroatoms. The van der Waals surface area contributed by atoms with Crippen LogP contribution in [0.3, 0.4) is 0 Å². The van der Waals surface area contributed by atoms with Crippen molar-refractivity contribution in [1.29, 1.82) is 0 Å². The smallest absolute Gasteiger partial charge is 0.343 e. The standard InChI is InChI=1S/C28H34O7/c1-17(8-7-9-18(2)11-15-25-28(5,6)35-25)10-13-23-26(33-20(4)30)22-14-12-21(32-19(3)29)16-24(22)34-27(23)31/h9-10,12,14,16,25H,7-8,11,13,15H2,1-6H3/b17-10+,18-9+. The minimum absolute atomic E-state index is 0.0324. The summed E-state index contributed by atoms with van der Waals surface area (Å²) in [5.74, 6) is -0.621. The van der Waals surface area contributed by atoms with Crippen molar-refractivity contribution in [2.75, 3.05) is 0 Å². The van der Waals surface area contributed by atoms with Crippen molar-refractivity contribution >= 4 is 22.9 Å². The molecule has 2 heterocycles. The first-order valence-corrected chi connectivity index (χ1v) is 11.9. The summed E-state index contributed by atoms with van der Waals surface area (Å²) < 4.78 is 21.6. The molecule has 1 unspecified atom stereocenters. The number of ether oxygens (including phenoxy) is 3. The minimum atomic E-state index is -0.598. The average Bonchev–Trinajstić information content (AvgIpc) is 3.37. The molecule has 1 atom stereocenters. The van der Waals surface area contributed by atoms with Crippen LogP contribution >= 0.6 is 0 Å². The second-order valence-electron chi connectivity index (χ2n) is 9.63. The van der Waals surface area contributed by atoms with Crippen molar-refractivity contribution in [2.24, 2.45) is 0 Å². The average molecular weight is 483 g/mol. The molecule has 0 aliphatic carbocycles. The van der Waals surface area contributed by atoms with Gasteiger partial charge in [0.25, 0.3) is 0 Å². The van der Waals surface area contributed by atoms with Crippen LogP contribution < -0.4 is 15.1 Å². The molecule has 3 rings (SSSR count). The number of carbonyl (C=O) groups is 2. The van der Waals surface area contributed by atoms with Crippen molar-refractivity contribution < 1.29 is 28.2 Å². The largest absolute Gasteiger partial charge is 0.427 e. The quantitative estimate of drug-likeness (QED) is 0.138. The lowest BCUT2D eigenvalue weighted by Gasteiger charge is -2.11. The number of carbonyl (C=O) groups excluding carboxylic acids is 2. The van der Waals surface area contributed by atoms with E-state index in [1.807, 2.05) is 13.0 Å². The highest BCUT2D eigenvalue weighted by Gasteiger charge is 2.46. The zero-order valence-electron chi connectivity index (χ0n) is 21.4.